The van der Waals surface area contributed by atoms with E-state index in [9.17, 15) is 4.39 Å². The van der Waals surface area contributed by atoms with E-state index >= 15 is 0 Å². The number of halogens is 4. The summed E-state index contributed by atoms with van der Waals surface area (Å²) in [7, 11) is 0. The first-order chi connectivity index (χ1) is 12.9. The van der Waals surface area contributed by atoms with Crippen molar-refractivity contribution in [2.75, 3.05) is 0 Å². The summed E-state index contributed by atoms with van der Waals surface area (Å²) in [6.07, 6.45) is 1.66. The van der Waals surface area contributed by atoms with Crippen molar-refractivity contribution in [2.24, 2.45) is 4.99 Å². The Morgan fingerprint density at radius 2 is 1.59 bits per heavy atom. The quantitative estimate of drug-likeness (QED) is 0.392. The molecule has 0 fully saturated rings. The molecule has 0 N–H and O–H groups in total. The molecule has 0 aliphatic heterocycles. The van der Waals surface area contributed by atoms with Crippen molar-refractivity contribution < 1.29 is 9.13 Å². The number of hydrogen-bond donors (Lipinski definition) is 0. The fraction of sp³-hybridized carbons (Fsp3) is 0.0952. The van der Waals surface area contributed by atoms with E-state index in [2.05, 4.69) is 4.99 Å². The minimum atomic E-state index is -0.298. The molecule has 0 atom stereocenters. The smallest absolute Gasteiger partial charge is 0.157 e. The first kappa shape index (κ1) is 19.7. The van der Waals surface area contributed by atoms with E-state index in [4.69, 9.17) is 39.5 Å². The van der Waals surface area contributed by atoms with Gasteiger partial charge in [-0.2, -0.15) is 0 Å². The molecule has 0 amide bonds. The van der Waals surface area contributed by atoms with E-state index in [-0.39, 0.29) is 12.4 Å². The second kappa shape index (κ2) is 8.75. The van der Waals surface area contributed by atoms with Crippen molar-refractivity contribution in [1.82, 2.24) is 0 Å². The molecule has 0 aromatic heterocycles. The molecule has 0 saturated heterocycles. The van der Waals surface area contributed by atoms with Crippen LogP contribution in [0.4, 0.5) is 10.1 Å². The number of ether oxygens (including phenoxy) is 1. The maximum absolute atomic E-state index is 13.0. The number of aliphatic imine (C=N–C) groups is 1. The van der Waals surface area contributed by atoms with Gasteiger partial charge in [-0.3, -0.25) is 4.99 Å². The Hall–Kier alpha value is -2.07. The zero-order valence-corrected chi connectivity index (χ0v) is 16.6. The summed E-state index contributed by atoms with van der Waals surface area (Å²) in [6.45, 7) is 2.16. The minimum Gasteiger partial charge on any atom is -0.486 e. The largest absolute Gasteiger partial charge is 0.486 e. The molecule has 3 rings (SSSR count). The Morgan fingerprint density at radius 1 is 0.926 bits per heavy atom. The van der Waals surface area contributed by atoms with E-state index < -0.39 is 0 Å². The standard InChI is InChI=1S/C21H15Cl3FNO/c1-13-2-7-17(10-18(13)22)26-11-15-8-19(23)21(20(24)9-15)27-12-14-3-5-16(25)6-4-14/h2-11H,12H2,1H3. The molecule has 0 aliphatic carbocycles. The van der Waals surface area contributed by atoms with Crippen LogP contribution < -0.4 is 4.74 Å². The highest BCUT2D eigenvalue weighted by Gasteiger charge is 2.10. The van der Waals surface area contributed by atoms with Gasteiger partial charge in [0.1, 0.15) is 12.4 Å². The van der Waals surface area contributed by atoms with Crippen LogP contribution in [0.3, 0.4) is 0 Å². The highest BCUT2D eigenvalue weighted by atomic mass is 35.5. The Balaban J connectivity index is 1.74. The summed E-state index contributed by atoms with van der Waals surface area (Å²) in [5.74, 6) is 0.0755. The molecule has 27 heavy (non-hydrogen) atoms. The Bertz CT molecular complexity index is 964. The molecule has 0 aliphatic rings. The predicted molar refractivity (Wildman–Crippen MR) is 111 cm³/mol. The van der Waals surface area contributed by atoms with Crippen LogP contribution in [0, 0.1) is 12.7 Å². The fourth-order valence-corrected chi connectivity index (χ4v) is 3.13. The summed E-state index contributed by atoms with van der Waals surface area (Å²) in [4.78, 5) is 4.39. The number of aryl methyl sites for hydroxylation is 1. The average Bonchev–Trinajstić information content (AvgIpc) is 2.63. The van der Waals surface area contributed by atoms with Gasteiger partial charge in [0, 0.05) is 11.2 Å². The molecule has 0 heterocycles. The van der Waals surface area contributed by atoms with Gasteiger partial charge in [0.25, 0.3) is 0 Å². The molecule has 6 heteroatoms. The zero-order chi connectivity index (χ0) is 19.4. The van der Waals surface area contributed by atoms with Crippen LogP contribution in [-0.4, -0.2) is 6.21 Å². The Kier molecular flexibility index (Phi) is 6.38. The first-order valence-corrected chi connectivity index (χ1v) is 9.22. The van der Waals surface area contributed by atoms with Gasteiger partial charge in [0.05, 0.1) is 15.7 Å². The van der Waals surface area contributed by atoms with Crippen LogP contribution in [0.1, 0.15) is 16.7 Å². The monoisotopic (exact) mass is 421 g/mol. The van der Waals surface area contributed by atoms with Crippen molar-refractivity contribution in [3.05, 3.63) is 92.2 Å². The molecule has 0 unspecified atom stereocenters. The molecule has 0 saturated carbocycles. The van der Waals surface area contributed by atoms with Crippen LogP contribution >= 0.6 is 34.8 Å². The van der Waals surface area contributed by atoms with E-state index in [0.29, 0.717) is 20.8 Å². The van der Waals surface area contributed by atoms with Gasteiger partial charge in [0.2, 0.25) is 0 Å². The summed E-state index contributed by atoms with van der Waals surface area (Å²) in [5, 5.41) is 1.39. The molecular formula is C21H15Cl3FNO. The van der Waals surface area contributed by atoms with Crippen molar-refractivity contribution in [2.45, 2.75) is 13.5 Å². The third-order valence-electron chi connectivity index (χ3n) is 3.84. The Labute approximate surface area is 172 Å². The van der Waals surface area contributed by atoms with E-state index in [0.717, 1.165) is 22.4 Å². The molecular weight excluding hydrogens is 408 g/mol. The van der Waals surface area contributed by atoms with Gasteiger partial charge < -0.3 is 4.74 Å². The van der Waals surface area contributed by atoms with E-state index in [1.165, 1.54) is 12.1 Å². The molecule has 138 valence electrons. The third kappa shape index (κ3) is 5.23. The van der Waals surface area contributed by atoms with Crippen molar-refractivity contribution >= 4 is 46.7 Å². The van der Waals surface area contributed by atoms with Crippen LogP contribution in [0.5, 0.6) is 5.75 Å². The molecule has 3 aromatic carbocycles. The summed E-state index contributed by atoms with van der Waals surface area (Å²) >= 11 is 18.7. The number of hydrogen-bond acceptors (Lipinski definition) is 2. The summed E-state index contributed by atoms with van der Waals surface area (Å²) < 4.78 is 18.6. The molecule has 0 spiro atoms. The van der Waals surface area contributed by atoms with Gasteiger partial charge >= 0.3 is 0 Å². The van der Waals surface area contributed by atoms with E-state index in [1.54, 1.807) is 36.5 Å². The molecule has 2 nitrogen and oxygen atoms in total. The van der Waals surface area contributed by atoms with Crippen LogP contribution in [0.15, 0.2) is 59.6 Å². The van der Waals surface area contributed by atoms with Gasteiger partial charge in [0.15, 0.2) is 5.75 Å². The SMILES string of the molecule is Cc1ccc(N=Cc2cc(Cl)c(OCc3ccc(F)cc3)c(Cl)c2)cc1Cl. The minimum absolute atomic E-state index is 0.231. The zero-order valence-electron chi connectivity index (χ0n) is 14.3. The molecule has 0 radical (unpaired) electrons. The van der Waals surface area contributed by atoms with Crippen LogP contribution in [-0.2, 0) is 6.61 Å². The normalized spacial score (nSPS) is 11.1. The van der Waals surface area contributed by atoms with Crippen LogP contribution in [0.2, 0.25) is 15.1 Å². The van der Waals surface area contributed by atoms with Crippen molar-refractivity contribution in [3.8, 4) is 5.75 Å². The average molecular weight is 423 g/mol. The topological polar surface area (TPSA) is 21.6 Å². The highest BCUT2D eigenvalue weighted by Crippen LogP contribution is 2.34. The number of nitrogens with zero attached hydrogens (tertiary/aromatic N) is 1. The van der Waals surface area contributed by atoms with Crippen molar-refractivity contribution in [3.63, 3.8) is 0 Å². The maximum Gasteiger partial charge on any atom is 0.157 e. The summed E-state index contributed by atoms with van der Waals surface area (Å²) in [5.41, 5.74) is 3.26. The predicted octanol–water partition coefficient (Wildman–Crippen LogP) is 7.42. The lowest BCUT2D eigenvalue weighted by atomic mass is 10.2. The highest BCUT2D eigenvalue weighted by molar-refractivity contribution is 6.37. The lowest BCUT2D eigenvalue weighted by Crippen LogP contribution is -1.97. The first-order valence-electron chi connectivity index (χ1n) is 8.09. The second-order valence-electron chi connectivity index (χ2n) is 5.92. The Morgan fingerprint density at radius 3 is 2.22 bits per heavy atom. The van der Waals surface area contributed by atoms with E-state index in [1.807, 2.05) is 19.1 Å². The van der Waals surface area contributed by atoms with Crippen molar-refractivity contribution in [1.29, 1.82) is 0 Å². The van der Waals surface area contributed by atoms with Gasteiger partial charge in [-0.05, 0) is 60.0 Å². The second-order valence-corrected chi connectivity index (χ2v) is 7.14. The van der Waals surface area contributed by atoms with Gasteiger partial charge in [-0.15, -0.1) is 0 Å². The number of rotatable bonds is 5. The van der Waals surface area contributed by atoms with Crippen LogP contribution in [0.25, 0.3) is 0 Å². The lowest BCUT2D eigenvalue weighted by Gasteiger charge is -2.11. The van der Waals surface area contributed by atoms with Gasteiger partial charge in [-0.1, -0.05) is 53.0 Å². The number of benzene rings is 3. The lowest BCUT2D eigenvalue weighted by molar-refractivity contribution is 0.306. The summed E-state index contributed by atoms with van der Waals surface area (Å²) in [6, 6.07) is 15.0. The third-order valence-corrected chi connectivity index (χ3v) is 4.80. The fourth-order valence-electron chi connectivity index (χ4n) is 2.34. The molecule has 0 bridgehead atoms. The molecule has 3 aromatic rings. The van der Waals surface area contributed by atoms with Gasteiger partial charge in [-0.25, -0.2) is 4.39 Å². The maximum atomic E-state index is 13.0.